The first-order chi connectivity index (χ1) is 12.7. The van der Waals surface area contributed by atoms with Crippen molar-refractivity contribution in [3.63, 3.8) is 0 Å². The standard InChI is InChI=1S/C21H28Cl2N2O/c1-3-25(4-2)14-11-17-9-10-18(20(15-17)24-13-12-22)16-19-7-5-6-8-21(19)26-23/h5-10,15,24H,3-4,11-14,16H2,1-2H3. The van der Waals surface area contributed by atoms with Crippen molar-refractivity contribution in [1.82, 2.24) is 4.90 Å². The third kappa shape index (κ3) is 6.08. The smallest absolute Gasteiger partial charge is 0.149 e. The quantitative estimate of drug-likeness (QED) is 0.520. The van der Waals surface area contributed by atoms with Gasteiger partial charge >= 0.3 is 0 Å². The molecule has 0 aliphatic carbocycles. The van der Waals surface area contributed by atoms with Crippen LogP contribution in [0.4, 0.5) is 5.69 Å². The maximum Gasteiger partial charge on any atom is 0.149 e. The Balaban J connectivity index is 2.19. The number of hydrogen-bond acceptors (Lipinski definition) is 3. The van der Waals surface area contributed by atoms with Gasteiger partial charge in [0.2, 0.25) is 0 Å². The molecule has 0 radical (unpaired) electrons. The first-order valence-electron chi connectivity index (χ1n) is 9.22. The summed E-state index contributed by atoms with van der Waals surface area (Å²) in [5, 5.41) is 3.46. The third-order valence-corrected chi connectivity index (χ3v) is 4.99. The van der Waals surface area contributed by atoms with Crippen molar-refractivity contribution >= 4 is 29.2 Å². The highest BCUT2D eigenvalue weighted by Crippen LogP contribution is 2.27. The molecule has 0 aromatic heterocycles. The molecule has 2 rings (SSSR count). The zero-order valence-electron chi connectivity index (χ0n) is 15.6. The molecule has 142 valence electrons. The summed E-state index contributed by atoms with van der Waals surface area (Å²) >= 11 is 11.5. The van der Waals surface area contributed by atoms with Crippen LogP contribution < -0.4 is 9.61 Å². The molecule has 0 spiro atoms. The Kier molecular flexibility index (Phi) is 9.10. The summed E-state index contributed by atoms with van der Waals surface area (Å²) in [6.45, 7) is 8.39. The highest BCUT2D eigenvalue weighted by molar-refractivity contribution is 6.18. The molecular weight excluding hydrogens is 367 g/mol. The van der Waals surface area contributed by atoms with Crippen molar-refractivity contribution in [3.05, 3.63) is 59.2 Å². The van der Waals surface area contributed by atoms with E-state index in [1.54, 1.807) is 0 Å². The number of rotatable bonds is 11. The maximum atomic E-state index is 5.89. The fourth-order valence-electron chi connectivity index (χ4n) is 3.04. The average Bonchev–Trinajstić information content (AvgIpc) is 2.69. The molecule has 0 amide bonds. The van der Waals surface area contributed by atoms with Gasteiger partial charge in [-0.2, -0.15) is 0 Å². The number of halogens is 2. The number of para-hydroxylation sites is 1. The van der Waals surface area contributed by atoms with Gasteiger partial charge in [0.05, 0.1) is 0 Å². The van der Waals surface area contributed by atoms with Crippen molar-refractivity contribution in [3.8, 4) is 5.75 Å². The van der Waals surface area contributed by atoms with Crippen molar-refractivity contribution in [2.75, 3.05) is 37.4 Å². The Morgan fingerprint density at radius 2 is 1.81 bits per heavy atom. The van der Waals surface area contributed by atoms with Crippen molar-refractivity contribution in [2.45, 2.75) is 26.7 Å². The lowest BCUT2D eigenvalue weighted by molar-refractivity contribution is 0.308. The van der Waals surface area contributed by atoms with Gasteiger partial charge in [0.25, 0.3) is 0 Å². The van der Waals surface area contributed by atoms with Crippen molar-refractivity contribution in [1.29, 1.82) is 0 Å². The van der Waals surface area contributed by atoms with Crippen LogP contribution in [0, 0.1) is 0 Å². The fourth-order valence-corrected chi connectivity index (χ4v) is 3.28. The summed E-state index contributed by atoms with van der Waals surface area (Å²) in [6.07, 6.45) is 1.79. The Morgan fingerprint density at radius 3 is 2.50 bits per heavy atom. The van der Waals surface area contributed by atoms with E-state index >= 15 is 0 Å². The molecule has 2 aromatic carbocycles. The Morgan fingerprint density at radius 1 is 1.04 bits per heavy atom. The molecule has 0 aliphatic heterocycles. The zero-order chi connectivity index (χ0) is 18.8. The lowest BCUT2D eigenvalue weighted by Gasteiger charge is -2.19. The van der Waals surface area contributed by atoms with Gasteiger partial charge in [-0.1, -0.05) is 44.2 Å². The zero-order valence-corrected chi connectivity index (χ0v) is 17.1. The number of nitrogens with one attached hydrogen (secondary N) is 1. The first kappa shape index (κ1) is 20.9. The van der Waals surface area contributed by atoms with Gasteiger partial charge in [-0.05, 0) is 42.8 Å². The Hall–Kier alpha value is -1.42. The molecule has 0 aliphatic rings. The second-order valence-electron chi connectivity index (χ2n) is 6.25. The molecule has 0 bridgehead atoms. The normalized spacial score (nSPS) is 11.0. The Labute approximate surface area is 167 Å². The monoisotopic (exact) mass is 394 g/mol. The van der Waals surface area contributed by atoms with Gasteiger partial charge < -0.3 is 14.5 Å². The number of likely N-dealkylation sites (N-methyl/N-ethyl adjacent to an activating group) is 1. The highest BCUT2D eigenvalue weighted by Gasteiger charge is 2.10. The molecular formula is C21H28Cl2N2O. The summed E-state index contributed by atoms with van der Waals surface area (Å²) < 4.78 is 4.98. The lowest BCUT2D eigenvalue weighted by Crippen LogP contribution is -2.25. The van der Waals surface area contributed by atoms with E-state index in [0.717, 1.165) is 50.3 Å². The van der Waals surface area contributed by atoms with Gasteiger partial charge in [0.15, 0.2) is 0 Å². The maximum absolute atomic E-state index is 5.89. The molecule has 0 unspecified atom stereocenters. The molecule has 26 heavy (non-hydrogen) atoms. The van der Waals surface area contributed by atoms with Crippen LogP contribution in [-0.4, -0.2) is 37.0 Å². The van der Waals surface area contributed by atoms with E-state index in [9.17, 15) is 0 Å². The molecule has 0 saturated carbocycles. The fraction of sp³-hybridized carbons (Fsp3) is 0.429. The van der Waals surface area contributed by atoms with Crippen LogP contribution >= 0.6 is 23.5 Å². The molecule has 0 atom stereocenters. The molecule has 0 fully saturated rings. The minimum atomic E-state index is 0.574. The lowest BCUT2D eigenvalue weighted by atomic mass is 9.99. The summed E-state index contributed by atoms with van der Waals surface area (Å²) in [5.74, 6) is 1.27. The SMILES string of the molecule is CCN(CC)CCc1ccc(Cc2ccccc2OCl)c(NCCCl)c1. The van der Waals surface area contributed by atoms with Crippen LogP contribution in [0.1, 0.15) is 30.5 Å². The minimum Gasteiger partial charge on any atom is -0.385 e. The van der Waals surface area contributed by atoms with Crippen molar-refractivity contribution < 1.29 is 4.29 Å². The molecule has 2 aromatic rings. The van der Waals surface area contributed by atoms with Crippen LogP contribution in [0.3, 0.4) is 0 Å². The van der Waals surface area contributed by atoms with Crippen LogP contribution in [0.2, 0.25) is 0 Å². The largest absolute Gasteiger partial charge is 0.385 e. The number of alkyl halides is 1. The summed E-state index contributed by atoms with van der Waals surface area (Å²) in [7, 11) is 0. The number of hydrogen-bond donors (Lipinski definition) is 1. The second kappa shape index (κ2) is 11.3. The van der Waals surface area contributed by atoms with Gasteiger partial charge in [0.1, 0.15) is 17.6 Å². The average molecular weight is 395 g/mol. The minimum absolute atomic E-state index is 0.574. The van der Waals surface area contributed by atoms with Gasteiger partial charge in [-0.25, -0.2) is 0 Å². The van der Waals surface area contributed by atoms with Crippen LogP contribution in [0.5, 0.6) is 5.75 Å². The molecule has 5 heteroatoms. The van der Waals surface area contributed by atoms with E-state index < -0.39 is 0 Å². The highest BCUT2D eigenvalue weighted by atomic mass is 35.5. The predicted molar refractivity (Wildman–Crippen MR) is 113 cm³/mol. The second-order valence-corrected chi connectivity index (χ2v) is 6.78. The summed E-state index contributed by atoms with van der Waals surface area (Å²) in [6, 6.07) is 14.5. The van der Waals surface area contributed by atoms with Crippen LogP contribution in [0.25, 0.3) is 0 Å². The number of anilines is 1. The van der Waals surface area contributed by atoms with Crippen molar-refractivity contribution in [2.24, 2.45) is 0 Å². The van der Waals surface area contributed by atoms with E-state index in [2.05, 4.69) is 42.3 Å². The molecule has 1 N–H and O–H groups in total. The summed E-state index contributed by atoms with van der Waals surface area (Å²) in [5.41, 5.74) is 4.74. The van der Waals surface area contributed by atoms with Crippen LogP contribution in [-0.2, 0) is 12.8 Å². The van der Waals surface area contributed by atoms with E-state index in [0.29, 0.717) is 11.6 Å². The van der Waals surface area contributed by atoms with Crippen LogP contribution in [0.15, 0.2) is 42.5 Å². The van der Waals surface area contributed by atoms with Gasteiger partial charge in [0, 0.05) is 36.6 Å². The number of benzene rings is 2. The van der Waals surface area contributed by atoms with E-state index in [-0.39, 0.29) is 0 Å². The molecule has 3 nitrogen and oxygen atoms in total. The Bertz CT molecular complexity index is 675. The molecule has 0 heterocycles. The summed E-state index contributed by atoms with van der Waals surface area (Å²) in [4.78, 5) is 2.44. The third-order valence-electron chi connectivity index (χ3n) is 4.63. The topological polar surface area (TPSA) is 24.5 Å². The number of nitrogens with zero attached hydrogens (tertiary/aromatic N) is 1. The van der Waals surface area contributed by atoms with Gasteiger partial charge in [-0.15, -0.1) is 11.6 Å². The predicted octanol–water partition coefficient (Wildman–Crippen LogP) is 5.35. The van der Waals surface area contributed by atoms with E-state index in [1.807, 2.05) is 24.3 Å². The van der Waals surface area contributed by atoms with E-state index in [1.165, 1.54) is 11.1 Å². The molecule has 0 saturated heterocycles. The van der Waals surface area contributed by atoms with E-state index in [4.69, 9.17) is 27.8 Å². The first-order valence-corrected chi connectivity index (χ1v) is 10.1. The van der Waals surface area contributed by atoms with Gasteiger partial charge in [-0.3, -0.25) is 0 Å².